The second-order valence-corrected chi connectivity index (χ2v) is 6.99. The van der Waals surface area contributed by atoms with Crippen LogP contribution in [-0.4, -0.2) is 42.9 Å². The number of anilines is 1. The molecule has 0 aliphatic carbocycles. The van der Waals surface area contributed by atoms with Crippen molar-refractivity contribution < 1.29 is 14.3 Å². The summed E-state index contributed by atoms with van der Waals surface area (Å²) >= 11 is 0. The fourth-order valence-electron chi connectivity index (χ4n) is 3.83. The van der Waals surface area contributed by atoms with Gasteiger partial charge in [0, 0.05) is 55.6 Å². The Morgan fingerprint density at radius 1 is 1.14 bits per heavy atom. The molecule has 0 fully saturated rings. The van der Waals surface area contributed by atoms with Gasteiger partial charge in [-0.3, -0.25) is 0 Å². The SMILES string of the molecule is COCCn1cc2c3c(cccc31)CN(C(=O)Nc1cccc(OC)c1)CC2. The van der Waals surface area contributed by atoms with Crippen LogP contribution in [0.3, 0.4) is 0 Å². The molecule has 3 aromatic rings. The first kappa shape index (κ1) is 18.4. The van der Waals surface area contributed by atoms with Crippen LogP contribution in [0.15, 0.2) is 48.7 Å². The third-order valence-electron chi connectivity index (χ3n) is 5.23. The molecule has 2 amide bonds. The zero-order valence-electron chi connectivity index (χ0n) is 16.3. The van der Waals surface area contributed by atoms with Crippen molar-refractivity contribution in [1.82, 2.24) is 9.47 Å². The van der Waals surface area contributed by atoms with Crippen molar-refractivity contribution in [3.8, 4) is 5.75 Å². The molecule has 0 atom stereocenters. The van der Waals surface area contributed by atoms with Gasteiger partial charge in [-0.2, -0.15) is 0 Å². The Kier molecular flexibility index (Phi) is 5.21. The Hall–Kier alpha value is -2.99. The number of rotatable bonds is 5. The molecule has 1 aliphatic heterocycles. The highest BCUT2D eigenvalue weighted by molar-refractivity contribution is 5.92. The van der Waals surface area contributed by atoms with E-state index in [2.05, 4.69) is 34.3 Å². The van der Waals surface area contributed by atoms with Crippen LogP contribution < -0.4 is 10.1 Å². The summed E-state index contributed by atoms with van der Waals surface area (Å²) in [4.78, 5) is 14.7. The molecule has 1 aliphatic rings. The first-order valence-corrected chi connectivity index (χ1v) is 9.48. The average molecular weight is 379 g/mol. The number of benzene rings is 2. The van der Waals surface area contributed by atoms with E-state index >= 15 is 0 Å². The summed E-state index contributed by atoms with van der Waals surface area (Å²) in [7, 11) is 3.34. The monoisotopic (exact) mass is 379 g/mol. The molecule has 4 rings (SSSR count). The van der Waals surface area contributed by atoms with Crippen LogP contribution in [0.4, 0.5) is 10.5 Å². The number of carbonyl (C=O) groups excluding carboxylic acids is 1. The highest BCUT2D eigenvalue weighted by Gasteiger charge is 2.22. The number of urea groups is 1. The summed E-state index contributed by atoms with van der Waals surface area (Å²) in [5, 5.41) is 4.26. The summed E-state index contributed by atoms with van der Waals surface area (Å²) in [6, 6.07) is 13.6. The van der Waals surface area contributed by atoms with Crippen molar-refractivity contribution in [3.05, 3.63) is 59.8 Å². The van der Waals surface area contributed by atoms with E-state index in [4.69, 9.17) is 9.47 Å². The predicted molar refractivity (Wildman–Crippen MR) is 110 cm³/mol. The summed E-state index contributed by atoms with van der Waals surface area (Å²) < 4.78 is 12.7. The minimum absolute atomic E-state index is 0.0948. The van der Waals surface area contributed by atoms with E-state index in [1.807, 2.05) is 29.2 Å². The molecule has 1 aromatic heterocycles. The van der Waals surface area contributed by atoms with Gasteiger partial charge in [0.1, 0.15) is 5.75 Å². The van der Waals surface area contributed by atoms with Crippen LogP contribution in [0.1, 0.15) is 11.1 Å². The van der Waals surface area contributed by atoms with E-state index in [-0.39, 0.29) is 6.03 Å². The third-order valence-corrected chi connectivity index (χ3v) is 5.23. The van der Waals surface area contributed by atoms with Crippen LogP contribution in [0, 0.1) is 0 Å². The molecule has 0 unspecified atom stereocenters. The topological polar surface area (TPSA) is 55.7 Å². The molecule has 0 bridgehead atoms. The fourth-order valence-corrected chi connectivity index (χ4v) is 3.83. The smallest absolute Gasteiger partial charge is 0.322 e. The number of aromatic nitrogens is 1. The first-order chi connectivity index (χ1) is 13.7. The molecule has 28 heavy (non-hydrogen) atoms. The van der Waals surface area contributed by atoms with Crippen molar-refractivity contribution in [2.24, 2.45) is 0 Å². The van der Waals surface area contributed by atoms with Crippen molar-refractivity contribution >= 4 is 22.6 Å². The quantitative estimate of drug-likeness (QED) is 0.732. The molecule has 146 valence electrons. The van der Waals surface area contributed by atoms with E-state index in [1.165, 1.54) is 22.0 Å². The van der Waals surface area contributed by atoms with Crippen molar-refractivity contribution in [2.45, 2.75) is 19.5 Å². The molecule has 1 N–H and O–H groups in total. The Balaban J connectivity index is 1.56. The number of ether oxygens (including phenoxy) is 2. The molecular weight excluding hydrogens is 354 g/mol. The normalized spacial score (nSPS) is 13.4. The lowest BCUT2D eigenvalue weighted by atomic mass is 10.1. The highest BCUT2D eigenvalue weighted by atomic mass is 16.5. The number of hydrogen-bond donors (Lipinski definition) is 1. The largest absolute Gasteiger partial charge is 0.497 e. The number of amides is 2. The number of carbonyl (C=O) groups is 1. The first-order valence-electron chi connectivity index (χ1n) is 9.48. The molecule has 0 saturated carbocycles. The number of methoxy groups -OCH3 is 2. The van der Waals surface area contributed by atoms with E-state index in [1.54, 1.807) is 14.2 Å². The van der Waals surface area contributed by atoms with Gasteiger partial charge in [-0.05, 0) is 35.7 Å². The second kappa shape index (κ2) is 7.94. The van der Waals surface area contributed by atoms with Gasteiger partial charge in [0.05, 0.1) is 13.7 Å². The molecular formula is C22H25N3O3. The van der Waals surface area contributed by atoms with Crippen molar-refractivity contribution in [1.29, 1.82) is 0 Å². The average Bonchev–Trinajstić information content (AvgIpc) is 2.96. The molecule has 6 nitrogen and oxygen atoms in total. The van der Waals surface area contributed by atoms with Gasteiger partial charge < -0.3 is 24.3 Å². The molecule has 0 spiro atoms. The highest BCUT2D eigenvalue weighted by Crippen LogP contribution is 2.30. The number of nitrogens with zero attached hydrogens (tertiary/aromatic N) is 2. The summed E-state index contributed by atoms with van der Waals surface area (Å²) in [6.07, 6.45) is 3.04. The molecule has 2 heterocycles. The van der Waals surface area contributed by atoms with E-state index < -0.39 is 0 Å². The van der Waals surface area contributed by atoms with Gasteiger partial charge in [0.15, 0.2) is 0 Å². The zero-order valence-corrected chi connectivity index (χ0v) is 16.3. The van der Waals surface area contributed by atoms with Crippen LogP contribution >= 0.6 is 0 Å². The van der Waals surface area contributed by atoms with Crippen LogP contribution in [0.2, 0.25) is 0 Å². The third kappa shape index (κ3) is 3.55. The Labute approximate surface area is 164 Å². The minimum atomic E-state index is -0.0948. The number of nitrogens with one attached hydrogen (secondary N) is 1. The lowest BCUT2D eigenvalue weighted by Crippen LogP contribution is -2.35. The maximum absolute atomic E-state index is 12.9. The van der Waals surface area contributed by atoms with Gasteiger partial charge in [0.25, 0.3) is 0 Å². The zero-order chi connectivity index (χ0) is 19.5. The molecule has 6 heteroatoms. The van der Waals surface area contributed by atoms with E-state index in [0.717, 1.165) is 24.4 Å². The van der Waals surface area contributed by atoms with Gasteiger partial charge in [0.2, 0.25) is 0 Å². The van der Waals surface area contributed by atoms with Gasteiger partial charge in [-0.15, -0.1) is 0 Å². The molecule has 0 radical (unpaired) electrons. The van der Waals surface area contributed by atoms with Crippen LogP contribution in [0.25, 0.3) is 10.9 Å². The second-order valence-electron chi connectivity index (χ2n) is 6.99. The minimum Gasteiger partial charge on any atom is -0.497 e. The van der Waals surface area contributed by atoms with Crippen LogP contribution in [0.5, 0.6) is 5.75 Å². The number of hydrogen-bond acceptors (Lipinski definition) is 3. The Bertz CT molecular complexity index is 996. The Morgan fingerprint density at radius 3 is 2.82 bits per heavy atom. The molecule has 0 saturated heterocycles. The fraction of sp³-hybridized carbons (Fsp3) is 0.318. The maximum Gasteiger partial charge on any atom is 0.322 e. The lowest BCUT2D eigenvalue weighted by Gasteiger charge is -2.22. The summed E-state index contributed by atoms with van der Waals surface area (Å²) in [5.74, 6) is 0.722. The van der Waals surface area contributed by atoms with Gasteiger partial charge in [-0.1, -0.05) is 18.2 Å². The standard InChI is InChI=1S/C22H25N3O3/c1-27-12-11-24-14-17-9-10-25(15-16-5-3-8-20(24)21(16)17)22(26)23-18-6-4-7-19(13-18)28-2/h3-8,13-14H,9-12,15H2,1-2H3,(H,23,26). The van der Waals surface area contributed by atoms with Gasteiger partial charge in [-0.25, -0.2) is 4.79 Å². The van der Waals surface area contributed by atoms with Crippen molar-refractivity contribution in [2.75, 3.05) is 32.7 Å². The van der Waals surface area contributed by atoms with Gasteiger partial charge >= 0.3 is 6.03 Å². The maximum atomic E-state index is 12.9. The predicted octanol–water partition coefficient (Wildman–Crippen LogP) is 3.89. The lowest BCUT2D eigenvalue weighted by molar-refractivity contribution is 0.188. The van der Waals surface area contributed by atoms with Crippen LogP contribution in [-0.2, 0) is 24.2 Å². The van der Waals surface area contributed by atoms with E-state index in [0.29, 0.717) is 19.7 Å². The molecule has 2 aromatic carbocycles. The summed E-state index contributed by atoms with van der Waals surface area (Å²) in [6.45, 7) is 2.78. The summed E-state index contributed by atoms with van der Waals surface area (Å²) in [5.41, 5.74) is 4.41. The Morgan fingerprint density at radius 2 is 2.00 bits per heavy atom. The van der Waals surface area contributed by atoms with E-state index in [9.17, 15) is 4.79 Å². The van der Waals surface area contributed by atoms with Crippen molar-refractivity contribution in [3.63, 3.8) is 0 Å².